The lowest BCUT2D eigenvalue weighted by molar-refractivity contribution is -0.112. The van der Waals surface area contributed by atoms with E-state index in [1.807, 2.05) is 29.0 Å². The van der Waals surface area contributed by atoms with Crippen LogP contribution in [-0.4, -0.2) is 42.0 Å². The monoisotopic (exact) mass is 459 g/mol. The topological polar surface area (TPSA) is 72.9 Å². The van der Waals surface area contributed by atoms with Crippen LogP contribution in [0.4, 0.5) is 11.4 Å². The van der Waals surface area contributed by atoms with Gasteiger partial charge < -0.3 is 15.3 Å². The molecule has 2 aliphatic rings. The Bertz CT molecular complexity index is 1240. The number of benzene rings is 2. The maximum atomic E-state index is 13.3. The molecule has 1 fully saturated rings. The molecule has 7 heteroatoms. The smallest absolute Gasteiger partial charge is 0.335 e. The number of likely N-dealkylation sites (N-methyl/N-ethyl adjacent to an activating group) is 1. The van der Waals surface area contributed by atoms with Gasteiger partial charge in [-0.2, -0.15) is 11.3 Å². The van der Waals surface area contributed by atoms with Crippen LogP contribution in [0.2, 0.25) is 0 Å². The molecular weight excluding hydrogens is 434 g/mol. The number of carbonyl (C=O) groups is 2. The van der Waals surface area contributed by atoms with E-state index in [1.165, 1.54) is 24.5 Å². The summed E-state index contributed by atoms with van der Waals surface area (Å²) in [5.41, 5.74) is 5.69. The highest BCUT2D eigenvalue weighted by Gasteiger charge is 2.34. The predicted octanol–water partition coefficient (Wildman–Crippen LogP) is 5.00. The Balaban J connectivity index is 1.58. The second kappa shape index (κ2) is 8.84. The average Bonchev–Trinajstić information content (AvgIpc) is 3.56. The van der Waals surface area contributed by atoms with Crippen LogP contribution >= 0.6 is 11.3 Å². The van der Waals surface area contributed by atoms with Crippen molar-refractivity contribution in [2.24, 2.45) is 0 Å². The third-order valence-electron chi connectivity index (χ3n) is 6.25. The van der Waals surface area contributed by atoms with Crippen LogP contribution < -0.4 is 10.2 Å². The van der Waals surface area contributed by atoms with Gasteiger partial charge >= 0.3 is 5.97 Å². The molecule has 0 spiro atoms. The van der Waals surface area contributed by atoms with Gasteiger partial charge in [0.15, 0.2) is 0 Å². The zero-order valence-electron chi connectivity index (χ0n) is 18.4. The molecule has 5 rings (SSSR count). The average molecular weight is 460 g/mol. The van der Waals surface area contributed by atoms with E-state index in [0.29, 0.717) is 22.5 Å². The van der Waals surface area contributed by atoms with Gasteiger partial charge in [0.25, 0.3) is 5.91 Å². The summed E-state index contributed by atoms with van der Waals surface area (Å²) in [6, 6.07) is 15.1. The fraction of sp³-hybridized carbons (Fsp3) is 0.231. The number of thiophene rings is 1. The molecule has 1 aromatic heterocycles. The van der Waals surface area contributed by atoms with Gasteiger partial charge in [-0.05, 0) is 73.3 Å². The largest absolute Gasteiger partial charge is 0.478 e. The van der Waals surface area contributed by atoms with Crippen molar-refractivity contribution in [2.45, 2.75) is 19.4 Å². The van der Waals surface area contributed by atoms with E-state index in [4.69, 9.17) is 0 Å². The summed E-state index contributed by atoms with van der Waals surface area (Å²) in [5.74, 6) is -1.17. The van der Waals surface area contributed by atoms with Crippen LogP contribution in [0.1, 0.15) is 39.9 Å². The summed E-state index contributed by atoms with van der Waals surface area (Å²) in [5, 5.41) is 17.0. The second-order valence-corrected chi connectivity index (χ2v) is 9.25. The number of nitrogens with one attached hydrogen (secondary N) is 1. The first-order chi connectivity index (χ1) is 16.0. The van der Waals surface area contributed by atoms with Crippen molar-refractivity contribution in [1.29, 1.82) is 0 Å². The summed E-state index contributed by atoms with van der Waals surface area (Å²) in [7, 11) is 1.72. The fourth-order valence-electron chi connectivity index (χ4n) is 4.57. The van der Waals surface area contributed by atoms with E-state index in [9.17, 15) is 14.7 Å². The van der Waals surface area contributed by atoms with Gasteiger partial charge in [-0.3, -0.25) is 9.69 Å². The lowest BCUT2D eigenvalue weighted by atomic mass is 9.99. The van der Waals surface area contributed by atoms with Crippen molar-refractivity contribution in [3.05, 3.63) is 81.5 Å². The molecule has 3 aromatic rings. The number of hydrogen-bond donors (Lipinski definition) is 2. The van der Waals surface area contributed by atoms with Crippen LogP contribution in [0.15, 0.2) is 59.3 Å². The van der Waals surface area contributed by atoms with E-state index in [1.54, 1.807) is 35.4 Å². The molecular formula is C26H25N3O3S. The fourth-order valence-corrected chi connectivity index (χ4v) is 5.22. The zero-order chi connectivity index (χ0) is 22.9. The molecule has 0 saturated carbocycles. The molecule has 0 aliphatic carbocycles. The summed E-state index contributed by atoms with van der Waals surface area (Å²) in [6.45, 7) is 3.17. The van der Waals surface area contributed by atoms with E-state index < -0.39 is 5.97 Å². The van der Waals surface area contributed by atoms with Crippen molar-refractivity contribution in [1.82, 2.24) is 4.90 Å². The highest BCUT2D eigenvalue weighted by Crippen LogP contribution is 2.41. The van der Waals surface area contributed by atoms with Crippen molar-refractivity contribution in [2.75, 3.05) is 30.4 Å². The van der Waals surface area contributed by atoms with Crippen molar-refractivity contribution < 1.29 is 14.7 Å². The maximum Gasteiger partial charge on any atom is 0.335 e. The van der Waals surface area contributed by atoms with Crippen molar-refractivity contribution in [3.63, 3.8) is 0 Å². The molecule has 0 unspecified atom stereocenters. The third-order valence-corrected chi connectivity index (χ3v) is 6.94. The van der Waals surface area contributed by atoms with E-state index in [-0.39, 0.29) is 11.5 Å². The summed E-state index contributed by atoms with van der Waals surface area (Å²) < 4.78 is 0. The Morgan fingerprint density at radius 2 is 1.91 bits per heavy atom. The first-order valence-electron chi connectivity index (χ1n) is 11.0. The quantitative estimate of drug-likeness (QED) is 0.508. The van der Waals surface area contributed by atoms with Crippen molar-refractivity contribution >= 4 is 45.9 Å². The number of aromatic carboxylic acids is 1. The number of rotatable bonds is 6. The molecule has 1 saturated heterocycles. The van der Waals surface area contributed by atoms with E-state index in [0.717, 1.165) is 30.9 Å². The van der Waals surface area contributed by atoms with Crippen LogP contribution in [0.5, 0.6) is 0 Å². The van der Waals surface area contributed by atoms with Gasteiger partial charge in [-0.1, -0.05) is 12.1 Å². The SMILES string of the molecule is CN1C(=O)C(=C(Nc2cccc(CN3CCCC3)c2)c2ccsc2)c2cc(C(=O)O)ccc21. The molecule has 168 valence electrons. The van der Waals surface area contributed by atoms with Gasteiger partial charge in [-0.15, -0.1) is 0 Å². The molecule has 0 bridgehead atoms. The molecule has 0 atom stereocenters. The zero-order valence-corrected chi connectivity index (χ0v) is 19.2. The minimum Gasteiger partial charge on any atom is -0.478 e. The highest BCUT2D eigenvalue weighted by atomic mass is 32.1. The summed E-state index contributed by atoms with van der Waals surface area (Å²) >= 11 is 1.55. The van der Waals surface area contributed by atoms with Crippen LogP contribution in [0.3, 0.4) is 0 Å². The number of amides is 1. The first kappa shape index (κ1) is 21.4. The van der Waals surface area contributed by atoms with Crippen LogP contribution in [-0.2, 0) is 11.3 Å². The number of nitrogens with zero attached hydrogens (tertiary/aromatic N) is 2. The van der Waals surface area contributed by atoms with Crippen molar-refractivity contribution in [3.8, 4) is 0 Å². The Kier molecular flexibility index (Phi) is 5.74. The summed E-state index contributed by atoms with van der Waals surface area (Å²) in [4.78, 5) is 29.0. The first-order valence-corrected chi connectivity index (χ1v) is 12.0. The number of likely N-dealkylation sites (tertiary alicyclic amines) is 1. The predicted molar refractivity (Wildman–Crippen MR) is 133 cm³/mol. The molecule has 6 nitrogen and oxygen atoms in total. The number of carboxylic acids is 1. The normalized spacial score (nSPS) is 17.4. The van der Waals surface area contributed by atoms with Crippen LogP contribution in [0, 0.1) is 0 Å². The van der Waals surface area contributed by atoms with E-state index in [2.05, 4.69) is 22.3 Å². The number of anilines is 2. The van der Waals surface area contributed by atoms with Crippen LogP contribution in [0.25, 0.3) is 11.3 Å². The molecule has 0 radical (unpaired) electrons. The Morgan fingerprint density at radius 1 is 1.09 bits per heavy atom. The van der Waals surface area contributed by atoms with Gasteiger partial charge in [0, 0.05) is 35.8 Å². The molecule has 2 N–H and O–H groups in total. The number of carbonyl (C=O) groups excluding carboxylic acids is 1. The second-order valence-electron chi connectivity index (χ2n) is 8.47. The minimum atomic E-state index is -1.01. The van der Waals surface area contributed by atoms with E-state index >= 15 is 0 Å². The molecule has 3 heterocycles. The minimum absolute atomic E-state index is 0.158. The van der Waals surface area contributed by atoms with Gasteiger partial charge in [0.1, 0.15) is 0 Å². The van der Waals surface area contributed by atoms with Gasteiger partial charge in [0.05, 0.1) is 22.5 Å². The molecule has 2 aromatic carbocycles. The molecule has 1 amide bonds. The standard InChI is InChI=1S/C26H25N3O3S/c1-28-22-8-7-18(26(31)32)14-21(22)23(25(28)30)24(19-9-12-33-16-19)27-20-6-4-5-17(13-20)15-29-10-2-3-11-29/h4-9,12-14,16,27H,2-3,10-11,15H2,1H3,(H,31,32). The Hall–Kier alpha value is -3.42. The molecule has 33 heavy (non-hydrogen) atoms. The number of hydrogen-bond acceptors (Lipinski definition) is 5. The van der Waals surface area contributed by atoms with Gasteiger partial charge in [0.2, 0.25) is 0 Å². The number of carboxylic acid groups (broad SMARTS) is 1. The highest BCUT2D eigenvalue weighted by molar-refractivity contribution is 7.08. The van der Waals surface area contributed by atoms with Gasteiger partial charge in [-0.25, -0.2) is 4.79 Å². The Labute approximate surface area is 196 Å². The lowest BCUT2D eigenvalue weighted by Crippen LogP contribution is -2.21. The maximum absolute atomic E-state index is 13.3. The number of fused-ring (bicyclic) bond motifs is 1. The molecule has 2 aliphatic heterocycles. The Morgan fingerprint density at radius 3 is 2.64 bits per heavy atom. The lowest BCUT2D eigenvalue weighted by Gasteiger charge is -2.17. The third kappa shape index (κ3) is 4.17. The summed E-state index contributed by atoms with van der Waals surface area (Å²) in [6.07, 6.45) is 2.50.